The maximum absolute atomic E-state index is 11.2. The average Bonchev–Trinajstić information content (AvgIpc) is 3.33. The Labute approximate surface area is 260 Å². The maximum Gasteiger partial charge on any atom is 0.187 e. The van der Waals surface area contributed by atoms with Crippen LogP contribution in [0, 0.1) is 0 Å². The van der Waals surface area contributed by atoms with E-state index in [1.54, 1.807) is 0 Å². The van der Waals surface area contributed by atoms with Crippen molar-refractivity contribution in [3.63, 3.8) is 0 Å². The largest absolute Gasteiger partial charge is 0.394 e. The number of azide groups is 2. The summed E-state index contributed by atoms with van der Waals surface area (Å²) in [5.74, 6) is 0. The van der Waals surface area contributed by atoms with Gasteiger partial charge in [-0.2, -0.15) is 0 Å². The minimum absolute atomic E-state index is 0.0135. The zero-order valence-corrected chi connectivity index (χ0v) is 24.2. The summed E-state index contributed by atoms with van der Waals surface area (Å²) in [5.41, 5.74) is 36.0. The van der Waals surface area contributed by atoms with Gasteiger partial charge in [-0.05, 0) is 17.5 Å². The van der Waals surface area contributed by atoms with Gasteiger partial charge >= 0.3 is 0 Å². The summed E-state index contributed by atoms with van der Waals surface area (Å²) in [4.78, 5) is 5.23. The summed E-state index contributed by atoms with van der Waals surface area (Å²) in [6.07, 6.45) is -22.6. The van der Waals surface area contributed by atoms with Crippen LogP contribution in [0.2, 0.25) is 0 Å². The summed E-state index contributed by atoms with van der Waals surface area (Å²) in [6, 6.07) is -4.83. The first-order valence-corrected chi connectivity index (χ1v) is 14.4. The molecule has 1 saturated carbocycles. The second-order valence-corrected chi connectivity index (χ2v) is 11.5. The predicted molar refractivity (Wildman–Crippen MR) is 146 cm³/mol. The van der Waals surface area contributed by atoms with Gasteiger partial charge in [-0.3, -0.25) is 0 Å². The van der Waals surface area contributed by atoms with Crippen LogP contribution in [0.25, 0.3) is 20.9 Å². The Hall–Kier alpha value is -2.06. The smallest absolute Gasteiger partial charge is 0.187 e. The molecule has 4 rings (SSSR count). The van der Waals surface area contributed by atoms with E-state index in [1.165, 1.54) is 0 Å². The van der Waals surface area contributed by atoms with Gasteiger partial charge < -0.3 is 86.5 Å². The molecule has 1 unspecified atom stereocenters. The first kappa shape index (κ1) is 36.8. The second-order valence-electron chi connectivity index (χ2n) is 11.5. The number of nitrogens with two attached hydrogens (primary N) is 3. The van der Waals surface area contributed by atoms with E-state index >= 15 is 0 Å². The zero-order chi connectivity index (χ0) is 33.9. The Morgan fingerprint density at radius 1 is 0.630 bits per heavy atom. The van der Waals surface area contributed by atoms with E-state index in [4.69, 9.17) is 56.7 Å². The van der Waals surface area contributed by atoms with Crippen LogP contribution in [0.5, 0.6) is 0 Å². The van der Waals surface area contributed by atoms with Gasteiger partial charge in [0.1, 0.15) is 61.0 Å². The maximum atomic E-state index is 11.2. The molecule has 14 N–H and O–H groups in total. The molecule has 46 heavy (non-hydrogen) atoms. The van der Waals surface area contributed by atoms with E-state index in [9.17, 15) is 40.9 Å². The van der Waals surface area contributed by atoms with Crippen molar-refractivity contribution in [3.05, 3.63) is 20.9 Å². The standard InChI is InChI=1S/C23H41N9O14/c24-5-1-6(25)18(44-22-11(30-32-28)16(39)14(37)8(3-33)42-22)20(12(5)35)46-23-17(40)19(9(4-34)43-23)45-21-10(26)15(38)13(36)7(41-21)2-29-31-27/h5-23,33-40H,1-4,24-26H2/t5-,6+,7?,8-,9-,10-,11-,12+,13-,14-,15-,16-,17-,18-,19-,20-,21-,22+,23+/m1/s1. The molecule has 3 aliphatic heterocycles. The van der Waals surface area contributed by atoms with Crippen LogP contribution in [-0.2, 0) is 28.4 Å². The number of rotatable bonds is 11. The fourth-order valence-corrected chi connectivity index (χ4v) is 5.91. The van der Waals surface area contributed by atoms with Crippen LogP contribution >= 0.6 is 0 Å². The van der Waals surface area contributed by atoms with E-state index in [1.807, 2.05) is 0 Å². The molecule has 1 aliphatic carbocycles. The van der Waals surface area contributed by atoms with Crippen molar-refractivity contribution in [3.8, 4) is 0 Å². The number of aliphatic hydroxyl groups excluding tert-OH is 8. The van der Waals surface area contributed by atoms with E-state index in [-0.39, 0.29) is 13.0 Å². The predicted octanol–water partition coefficient (Wildman–Crippen LogP) is -6.16. The van der Waals surface area contributed by atoms with Gasteiger partial charge in [0.2, 0.25) is 0 Å². The minimum atomic E-state index is -1.72. The Bertz CT molecular complexity index is 1110. The van der Waals surface area contributed by atoms with Crippen LogP contribution in [0.1, 0.15) is 6.42 Å². The lowest BCUT2D eigenvalue weighted by Crippen LogP contribution is -2.66. The highest BCUT2D eigenvalue weighted by Crippen LogP contribution is 2.35. The fraction of sp³-hybridized carbons (Fsp3) is 1.00. The van der Waals surface area contributed by atoms with Gasteiger partial charge in [-0.25, -0.2) is 0 Å². The van der Waals surface area contributed by atoms with Crippen molar-refractivity contribution >= 4 is 0 Å². The second kappa shape index (κ2) is 15.9. The molecule has 23 nitrogen and oxygen atoms in total. The third-order valence-corrected chi connectivity index (χ3v) is 8.52. The lowest BCUT2D eigenvalue weighted by Gasteiger charge is -2.47. The Kier molecular flexibility index (Phi) is 12.7. The highest BCUT2D eigenvalue weighted by Gasteiger charge is 2.54. The molecule has 0 bridgehead atoms. The molecule has 23 heteroatoms. The molecule has 0 amide bonds. The lowest BCUT2D eigenvalue weighted by molar-refractivity contribution is -0.310. The molecule has 0 aromatic heterocycles. The van der Waals surface area contributed by atoms with E-state index in [2.05, 4.69) is 20.1 Å². The average molecular weight is 668 g/mol. The van der Waals surface area contributed by atoms with E-state index in [0.717, 1.165) is 0 Å². The van der Waals surface area contributed by atoms with Gasteiger partial charge in [0.05, 0.1) is 44.1 Å². The van der Waals surface area contributed by atoms with Crippen molar-refractivity contribution in [1.82, 2.24) is 0 Å². The minimum Gasteiger partial charge on any atom is -0.394 e. The zero-order valence-electron chi connectivity index (χ0n) is 24.2. The van der Waals surface area contributed by atoms with Crippen molar-refractivity contribution in [2.45, 2.75) is 123 Å². The SMILES string of the molecule is [N-]=[N+]=NCC1O[C@H](O[C@H]2[C@@H](O)[C@H](O[C@@H]3[C@@H](O)[C@H](N)C[C@H](N)[C@H]3O[C@@H]3O[C@H](CO)[C@@H](O)[C@H](O)[C@H]3N=[N+]=[N-])O[C@@H]2CO)[C@H](N)[C@@H](O)[C@@H]1O. The third-order valence-electron chi connectivity index (χ3n) is 8.52. The summed E-state index contributed by atoms with van der Waals surface area (Å²) in [5, 5.41) is 89.9. The molecule has 3 saturated heterocycles. The molecule has 0 aromatic rings. The molecule has 0 aromatic carbocycles. The fourth-order valence-electron chi connectivity index (χ4n) is 5.91. The molecule has 0 radical (unpaired) electrons. The normalized spacial score (nSPS) is 49.6. The van der Waals surface area contributed by atoms with Crippen LogP contribution in [-0.4, -0.2) is 177 Å². The van der Waals surface area contributed by atoms with Gasteiger partial charge in [-0.15, -0.1) is 0 Å². The summed E-state index contributed by atoms with van der Waals surface area (Å²) in [7, 11) is 0. The number of aliphatic hydroxyl groups is 8. The Balaban J connectivity index is 1.53. The van der Waals surface area contributed by atoms with Crippen LogP contribution in [0.4, 0.5) is 0 Å². The Morgan fingerprint density at radius 3 is 1.85 bits per heavy atom. The van der Waals surface area contributed by atoms with Crippen molar-refractivity contribution in [1.29, 1.82) is 0 Å². The monoisotopic (exact) mass is 667 g/mol. The quantitative estimate of drug-likeness (QED) is 0.0554. The van der Waals surface area contributed by atoms with Gasteiger partial charge in [-0.1, -0.05) is 10.2 Å². The van der Waals surface area contributed by atoms with Crippen LogP contribution in [0.15, 0.2) is 10.2 Å². The first-order valence-electron chi connectivity index (χ1n) is 14.4. The Morgan fingerprint density at radius 2 is 1.22 bits per heavy atom. The number of nitrogens with zero attached hydrogens (tertiary/aromatic N) is 6. The molecule has 262 valence electrons. The summed E-state index contributed by atoms with van der Waals surface area (Å²) >= 11 is 0. The summed E-state index contributed by atoms with van der Waals surface area (Å²) in [6.45, 7) is -1.86. The highest BCUT2D eigenvalue weighted by atomic mass is 16.8. The molecule has 19 atom stereocenters. The van der Waals surface area contributed by atoms with E-state index < -0.39 is 129 Å². The lowest BCUT2D eigenvalue weighted by atomic mass is 9.84. The van der Waals surface area contributed by atoms with Crippen LogP contribution < -0.4 is 17.2 Å². The first-order chi connectivity index (χ1) is 21.9. The highest BCUT2D eigenvalue weighted by molar-refractivity contribution is 5.02. The third kappa shape index (κ3) is 7.48. The molecule has 4 aliphatic rings. The molecule has 4 fully saturated rings. The topological polar surface area (TPSA) is 393 Å². The van der Waals surface area contributed by atoms with Crippen molar-refractivity contribution in [2.75, 3.05) is 19.8 Å². The van der Waals surface area contributed by atoms with Gasteiger partial charge in [0, 0.05) is 21.9 Å². The van der Waals surface area contributed by atoms with Crippen molar-refractivity contribution < 1.29 is 69.3 Å². The summed E-state index contributed by atoms with van der Waals surface area (Å²) < 4.78 is 34.4. The van der Waals surface area contributed by atoms with Gasteiger partial charge in [0.15, 0.2) is 18.9 Å². The number of ether oxygens (including phenoxy) is 6. The van der Waals surface area contributed by atoms with Crippen molar-refractivity contribution in [2.24, 2.45) is 27.4 Å². The number of hydrogen-bond donors (Lipinski definition) is 11. The number of hydrogen-bond acceptors (Lipinski definition) is 19. The molecule has 3 heterocycles. The molecular weight excluding hydrogens is 626 g/mol. The van der Waals surface area contributed by atoms with E-state index in [0.29, 0.717) is 0 Å². The molecule has 0 spiro atoms. The molecular formula is C23H41N9O14. The van der Waals surface area contributed by atoms with Gasteiger partial charge in [0.25, 0.3) is 0 Å². The van der Waals surface area contributed by atoms with Crippen LogP contribution in [0.3, 0.4) is 0 Å².